The molecular weight excluding hydrogens is 242 g/mol. The van der Waals surface area contributed by atoms with Crippen molar-refractivity contribution in [2.45, 2.75) is 49.9 Å². The van der Waals surface area contributed by atoms with E-state index >= 15 is 0 Å². The van der Waals surface area contributed by atoms with Gasteiger partial charge >= 0.3 is 0 Å². The maximum absolute atomic E-state index is 12.4. The molecule has 2 aliphatic rings. The average molecular weight is 263 g/mol. The normalized spacial score (nSPS) is 39.6. The van der Waals surface area contributed by atoms with Gasteiger partial charge in [-0.2, -0.15) is 0 Å². The summed E-state index contributed by atoms with van der Waals surface area (Å²) in [7, 11) is -0.685. The van der Waals surface area contributed by atoms with Crippen LogP contribution in [0.2, 0.25) is 0 Å². The average Bonchev–Trinajstić information content (AvgIpc) is 2.52. The van der Waals surface area contributed by atoms with Crippen molar-refractivity contribution < 1.29 is 4.21 Å². The van der Waals surface area contributed by atoms with E-state index in [1.165, 1.54) is 11.1 Å². The van der Waals surface area contributed by atoms with Crippen LogP contribution in [0.3, 0.4) is 0 Å². The maximum Gasteiger partial charge on any atom is 0.0548 e. The van der Waals surface area contributed by atoms with Crippen LogP contribution < -0.4 is 5.32 Å². The van der Waals surface area contributed by atoms with Gasteiger partial charge in [-0.3, -0.25) is 4.21 Å². The minimum Gasteiger partial charge on any atom is -0.306 e. The molecule has 0 radical (unpaired) electrons. The van der Waals surface area contributed by atoms with Crippen molar-refractivity contribution in [1.29, 1.82) is 0 Å². The highest BCUT2D eigenvalue weighted by Crippen LogP contribution is 2.41. The Kier molecular flexibility index (Phi) is 3.29. The van der Waals surface area contributed by atoms with E-state index < -0.39 is 10.8 Å². The molecule has 0 spiro atoms. The van der Waals surface area contributed by atoms with Crippen LogP contribution in [0.5, 0.6) is 0 Å². The third-order valence-electron chi connectivity index (χ3n) is 4.37. The van der Waals surface area contributed by atoms with Crippen molar-refractivity contribution >= 4 is 10.8 Å². The lowest BCUT2D eigenvalue weighted by Gasteiger charge is -2.36. The van der Waals surface area contributed by atoms with Crippen molar-refractivity contribution in [3.8, 4) is 0 Å². The molecule has 0 saturated carbocycles. The van der Waals surface area contributed by atoms with Gasteiger partial charge < -0.3 is 5.32 Å². The van der Waals surface area contributed by atoms with E-state index in [4.69, 9.17) is 0 Å². The number of rotatable bonds is 0. The van der Waals surface area contributed by atoms with Gasteiger partial charge in [0, 0.05) is 28.6 Å². The predicted octanol–water partition coefficient (Wildman–Crippen LogP) is 2.73. The molecule has 1 fully saturated rings. The Morgan fingerprint density at radius 3 is 2.72 bits per heavy atom. The first kappa shape index (κ1) is 12.4. The van der Waals surface area contributed by atoms with Gasteiger partial charge in [-0.25, -0.2) is 0 Å². The molecule has 2 nitrogen and oxygen atoms in total. The number of fused-ring (bicyclic) bond motifs is 3. The number of hydrogen-bond acceptors (Lipinski definition) is 2. The van der Waals surface area contributed by atoms with E-state index in [9.17, 15) is 4.21 Å². The molecule has 1 aromatic carbocycles. The predicted molar refractivity (Wildman–Crippen MR) is 76.2 cm³/mol. The molecule has 98 valence electrons. The van der Waals surface area contributed by atoms with Crippen molar-refractivity contribution in [1.82, 2.24) is 5.32 Å². The molecule has 0 aromatic heterocycles. The highest BCUT2D eigenvalue weighted by atomic mass is 32.2. The molecule has 1 heterocycles. The summed E-state index contributed by atoms with van der Waals surface area (Å²) < 4.78 is 12.4. The highest BCUT2D eigenvalue weighted by molar-refractivity contribution is 7.85. The molecule has 0 amide bonds. The minimum absolute atomic E-state index is 0.288. The topological polar surface area (TPSA) is 29.1 Å². The summed E-state index contributed by atoms with van der Waals surface area (Å²) in [5.74, 6) is 1.38. The lowest BCUT2D eigenvalue weighted by Crippen LogP contribution is -2.40. The summed E-state index contributed by atoms with van der Waals surface area (Å²) in [6, 6.07) is 9.42. The van der Waals surface area contributed by atoms with Gasteiger partial charge in [0.1, 0.15) is 0 Å². The van der Waals surface area contributed by atoms with Gasteiger partial charge in [0.15, 0.2) is 0 Å². The molecule has 5 unspecified atom stereocenters. The van der Waals surface area contributed by atoms with Crippen LogP contribution in [-0.4, -0.2) is 21.3 Å². The SMILES string of the molecule is CC1CCS(=O)C2CC(C)c3ccccc3C2N1. The van der Waals surface area contributed by atoms with E-state index in [2.05, 4.69) is 43.4 Å². The fraction of sp³-hybridized carbons (Fsp3) is 0.600. The molecule has 1 aliphatic heterocycles. The lowest BCUT2D eigenvalue weighted by molar-refractivity contribution is 0.403. The van der Waals surface area contributed by atoms with Crippen LogP contribution >= 0.6 is 0 Å². The van der Waals surface area contributed by atoms with Crippen LogP contribution in [0, 0.1) is 0 Å². The molecule has 3 rings (SSSR count). The molecule has 5 atom stereocenters. The van der Waals surface area contributed by atoms with Crippen molar-refractivity contribution in [3.63, 3.8) is 0 Å². The zero-order valence-corrected chi connectivity index (χ0v) is 11.9. The van der Waals surface area contributed by atoms with E-state index in [1.54, 1.807) is 0 Å². The largest absolute Gasteiger partial charge is 0.306 e. The standard InChI is InChI=1S/C15H21NOS/c1-10-9-14-15(13-6-4-3-5-12(10)13)16-11(2)7-8-18(14)17/h3-6,10-11,14-16H,7-9H2,1-2H3. The van der Waals surface area contributed by atoms with Gasteiger partial charge in [-0.05, 0) is 36.8 Å². The monoisotopic (exact) mass is 263 g/mol. The molecular formula is C15H21NOS. The maximum atomic E-state index is 12.4. The highest BCUT2D eigenvalue weighted by Gasteiger charge is 2.38. The molecule has 18 heavy (non-hydrogen) atoms. The molecule has 1 saturated heterocycles. The van der Waals surface area contributed by atoms with Crippen LogP contribution in [0.1, 0.15) is 49.8 Å². The Morgan fingerprint density at radius 2 is 1.94 bits per heavy atom. The number of benzene rings is 1. The second kappa shape index (κ2) is 4.78. The zero-order chi connectivity index (χ0) is 12.7. The van der Waals surface area contributed by atoms with Crippen LogP contribution in [0.4, 0.5) is 0 Å². The van der Waals surface area contributed by atoms with Crippen molar-refractivity contribution in [2.75, 3.05) is 5.75 Å². The quantitative estimate of drug-likeness (QED) is 0.780. The van der Waals surface area contributed by atoms with E-state index in [0.717, 1.165) is 18.6 Å². The Labute approximate surface area is 112 Å². The van der Waals surface area contributed by atoms with Crippen molar-refractivity contribution in [3.05, 3.63) is 35.4 Å². The van der Waals surface area contributed by atoms with Crippen LogP contribution in [0.25, 0.3) is 0 Å². The van der Waals surface area contributed by atoms with Gasteiger partial charge in [0.2, 0.25) is 0 Å². The fourth-order valence-electron chi connectivity index (χ4n) is 3.35. The molecule has 0 bridgehead atoms. The second-order valence-electron chi connectivity index (χ2n) is 5.72. The summed E-state index contributed by atoms with van der Waals surface area (Å²) in [6.07, 6.45) is 2.07. The van der Waals surface area contributed by atoms with Crippen LogP contribution in [-0.2, 0) is 10.8 Å². The van der Waals surface area contributed by atoms with E-state index in [0.29, 0.717) is 17.2 Å². The fourth-order valence-corrected chi connectivity index (χ4v) is 5.27. The summed E-state index contributed by atoms with van der Waals surface area (Å²) >= 11 is 0. The third kappa shape index (κ3) is 2.04. The van der Waals surface area contributed by atoms with Gasteiger partial charge in [-0.15, -0.1) is 0 Å². The van der Waals surface area contributed by atoms with Gasteiger partial charge in [0.25, 0.3) is 0 Å². The molecule has 3 heteroatoms. The Morgan fingerprint density at radius 1 is 1.22 bits per heavy atom. The smallest absolute Gasteiger partial charge is 0.0548 e. The van der Waals surface area contributed by atoms with Gasteiger partial charge in [0.05, 0.1) is 5.25 Å². The first-order chi connectivity index (χ1) is 8.66. The van der Waals surface area contributed by atoms with Crippen molar-refractivity contribution in [2.24, 2.45) is 0 Å². The minimum atomic E-state index is -0.685. The third-order valence-corrected chi connectivity index (χ3v) is 6.15. The summed E-state index contributed by atoms with van der Waals surface area (Å²) in [5.41, 5.74) is 2.82. The molecule has 1 aromatic rings. The van der Waals surface area contributed by atoms with E-state index in [-0.39, 0.29) is 6.04 Å². The Hall–Kier alpha value is -0.670. The summed E-state index contributed by atoms with van der Waals surface area (Å²) in [5, 5.41) is 3.99. The van der Waals surface area contributed by atoms with Gasteiger partial charge in [-0.1, -0.05) is 31.2 Å². The number of hydrogen-bond donors (Lipinski definition) is 1. The molecule has 1 N–H and O–H groups in total. The van der Waals surface area contributed by atoms with Crippen LogP contribution in [0.15, 0.2) is 24.3 Å². The first-order valence-electron chi connectivity index (χ1n) is 6.89. The first-order valence-corrected chi connectivity index (χ1v) is 8.27. The number of nitrogens with one attached hydrogen (secondary N) is 1. The molecule has 1 aliphatic carbocycles. The second-order valence-corrected chi connectivity index (χ2v) is 7.50. The Bertz CT molecular complexity index is 473. The zero-order valence-electron chi connectivity index (χ0n) is 11.1. The lowest BCUT2D eigenvalue weighted by atomic mass is 9.80. The summed E-state index contributed by atoms with van der Waals surface area (Å²) in [6.45, 7) is 4.47. The Balaban J connectivity index is 2.05. The van der Waals surface area contributed by atoms with E-state index in [1.807, 2.05) is 0 Å². The summed E-state index contributed by atoms with van der Waals surface area (Å²) in [4.78, 5) is 0.